The third kappa shape index (κ3) is 11.1. The van der Waals surface area contributed by atoms with E-state index in [9.17, 15) is 0 Å². The quantitative estimate of drug-likeness (QED) is 0.516. The van der Waals surface area contributed by atoms with Crippen LogP contribution in [-0.4, -0.2) is 12.6 Å². The zero-order valence-corrected chi connectivity index (χ0v) is 13.8. The minimum absolute atomic E-state index is 0.471. The van der Waals surface area contributed by atoms with Crippen LogP contribution in [0.2, 0.25) is 0 Å². The van der Waals surface area contributed by atoms with Gasteiger partial charge in [0.1, 0.15) is 0 Å². The molecule has 0 fully saturated rings. The second-order valence-electron chi connectivity index (χ2n) is 7.21. The predicted molar refractivity (Wildman–Crippen MR) is 84.1 cm³/mol. The molecular formula is C17H37N. The van der Waals surface area contributed by atoms with Crippen molar-refractivity contribution in [1.29, 1.82) is 0 Å². The van der Waals surface area contributed by atoms with Gasteiger partial charge in [-0.2, -0.15) is 0 Å². The molecule has 0 amide bonds. The van der Waals surface area contributed by atoms with Gasteiger partial charge in [-0.3, -0.25) is 0 Å². The summed E-state index contributed by atoms with van der Waals surface area (Å²) in [7, 11) is 0. The average molecular weight is 255 g/mol. The Labute approximate surface area is 116 Å². The summed E-state index contributed by atoms with van der Waals surface area (Å²) in [6.07, 6.45) is 9.59. The number of hydrogen-bond donors (Lipinski definition) is 1. The second-order valence-corrected chi connectivity index (χ2v) is 7.21. The van der Waals surface area contributed by atoms with Crippen LogP contribution in [0.15, 0.2) is 0 Å². The van der Waals surface area contributed by atoms with E-state index in [1.807, 2.05) is 0 Å². The van der Waals surface area contributed by atoms with Crippen LogP contribution in [0.25, 0.3) is 0 Å². The molecule has 2 unspecified atom stereocenters. The minimum Gasteiger partial charge on any atom is -0.314 e. The van der Waals surface area contributed by atoms with E-state index in [-0.39, 0.29) is 0 Å². The van der Waals surface area contributed by atoms with Gasteiger partial charge in [0.25, 0.3) is 0 Å². The Morgan fingerprint density at radius 1 is 1.00 bits per heavy atom. The topological polar surface area (TPSA) is 12.0 Å². The van der Waals surface area contributed by atoms with Crippen molar-refractivity contribution in [2.45, 2.75) is 92.5 Å². The summed E-state index contributed by atoms with van der Waals surface area (Å²) >= 11 is 0. The summed E-state index contributed by atoms with van der Waals surface area (Å²) in [5, 5.41) is 3.68. The van der Waals surface area contributed by atoms with Gasteiger partial charge in [0.15, 0.2) is 0 Å². The van der Waals surface area contributed by atoms with E-state index in [2.05, 4.69) is 46.9 Å². The van der Waals surface area contributed by atoms with Crippen LogP contribution < -0.4 is 5.32 Å². The Bertz CT molecular complexity index is 181. The summed E-state index contributed by atoms with van der Waals surface area (Å²) in [5.41, 5.74) is 0.471. The third-order valence-electron chi connectivity index (χ3n) is 3.55. The highest BCUT2D eigenvalue weighted by Gasteiger charge is 2.18. The van der Waals surface area contributed by atoms with Crippen LogP contribution in [0.5, 0.6) is 0 Å². The van der Waals surface area contributed by atoms with Crippen molar-refractivity contribution >= 4 is 0 Å². The molecule has 1 heteroatoms. The molecule has 18 heavy (non-hydrogen) atoms. The molecule has 0 spiro atoms. The minimum atomic E-state index is 0.471. The molecule has 0 aromatic heterocycles. The molecule has 0 aliphatic rings. The maximum absolute atomic E-state index is 3.68. The maximum Gasteiger partial charge on any atom is 0.00694 e. The zero-order chi connectivity index (χ0) is 14.0. The molecule has 1 N–H and O–H groups in total. The number of unbranched alkanes of at least 4 members (excludes halogenated alkanes) is 3. The lowest BCUT2D eigenvalue weighted by molar-refractivity contribution is 0.270. The molecular weight excluding hydrogens is 218 g/mol. The summed E-state index contributed by atoms with van der Waals surface area (Å²) < 4.78 is 0. The Kier molecular flexibility index (Phi) is 9.81. The predicted octanol–water partition coefficient (Wildman–Crippen LogP) is 5.40. The fourth-order valence-electron chi connectivity index (χ4n) is 3.02. The van der Waals surface area contributed by atoms with Crippen LogP contribution in [-0.2, 0) is 0 Å². The second kappa shape index (κ2) is 9.83. The molecule has 0 rings (SSSR count). The highest BCUT2D eigenvalue weighted by atomic mass is 14.9. The molecule has 0 saturated heterocycles. The van der Waals surface area contributed by atoms with E-state index in [1.54, 1.807) is 0 Å². The maximum atomic E-state index is 3.68. The molecule has 2 atom stereocenters. The van der Waals surface area contributed by atoms with Crippen molar-refractivity contribution in [2.24, 2.45) is 11.3 Å². The third-order valence-corrected chi connectivity index (χ3v) is 3.55. The van der Waals surface area contributed by atoms with E-state index in [0.717, 1.165) is 18.5 Å². The monoisotopic (exact) mass is 255 g/mol. The fraction of sp³-hybridized carbons (Fsp3) is 1.00. The lowest BCUT2D eigenvalue weighted by Crippen LogP contribution is -2.31. The van der Waals surface area contributed by atoms with Crippen LogP contribution in [0.1, 0.15) is 86.5 Å². The lowest BCUT2D eigenvalue weighted by atomic mass is 9.82. The van der Waals surface area contributed by atoms with Crippen molar-refractivity contribution in [3.05, 3.63) is 0 Å². The summed E-state index contributed by atoms with van der Waals surface area (Å²) in [5.74, 6) is 0.834. The van der Waals surface area contributed by atoms with Crippen molar-refractivity contribution in [2.75, 3.05) is 6.54 Å². The fourth-order valence-corrected chi connectivity index (χ4v) is 3.02. The van der Waals surface area contributed by atoms with Crippen molar-refractivity contribution in [3.8, 4) is 0 Å². The van der Waals surface area contributed by atoms with Gasteiger partial charge in [0.2, 0.25) is 0 Å². The summed E-state index contributed by atoms with van der Waals surface area (Å²) in [6.45, 7) is 15.1. The van der Waals surface area contributed by atoms with Crippen molar-refractivity contribution in [1.82, 2.24) is 5.32 Å². The molecule has 0 saturated carbocycles. The molecule has 0 heterocycles. The van der Waals surface area contributed by atoms with Crippen LogP contribution >= 0.6 is 0 Å². The van der Waals surface area contributed by atoms with E-state index < -0.39 is 0 Å². The van der Waals surface area contributed by atoms with Crippen LogP contribution in [0, 0.1) is 11.3 Å². The van der Waals surface area contributed by atoms with Gasteiger partial charge in [-0.25, -0.2) is 0 Å². The molecule has 0 aromatic rings. The summed E-state index contributed by atoms with van der Waals surface area (Å²) in [6, 6.07) is 0.740. The van der Waals surface area contributed by atoms with Gasteiger partial charge in [0.05, 0.1) is 0 Å². The van der Waals surface area contributed by atoms with E-state index in [0.29, 0.717) is 5.41 Å². The van der Waals surface area contributed by atoms with Gasteiger partial charge in [-0.15, -0.1) is 0 Å². The first-order chi connectivity index (χ1) is 8.39. The Morgan fingerprint density at radius 3 is 2.17 bits per heavy atom. The number of nitrogens with one attached hydrogen (secondary N) is 1. The molecule has 0 aromatic carbocycles. The van der Waals surface area contributed by atoms with E-state index in [4.69, 9.17) is 0 Å². The first kappa shape index (κ1) is 18.0. The first-order valence-corrected chi connectivity index (χ1v) is 8.12. The molecule has 0 aliphatic heterocycles. The summed E-state index contributed by atoms with van der Waals surface area (Å²) in [4.78, 5) is 0. The van der Waals surface area contributed by atoms with Crippen molar-refractivity contribution in [3.63, 3.8) is 0 Å². The number of rotatable bonds is 10. The SMILES string of the molecule is CCCCCCC(CC(C)CC(C)(C)C)NCC. The molecule has 110 valence electrons. The van der Waals surface area contributed by atoms with Crippen molar-refractivity contribution < 1.29 is 0 Å². The molecule has 0 aliphatic carbocycles. The standard InChI is InChI=1S/C17H37N/c1-7-9-10-11-12-16(18-8-2)13-15(3)14-17(4,5)6/h15-16,18H,7-14H2,1-6H3. The Hall–Kier alpha value is -0.0400. The Morgan fingerprint density at radius 2 is 1.67 bits per heavy atom. The average Bonchev–Trinajstić information content (AvgIpc) is 2.21. The largest absolute Gasteiger partial charge is 0.314 e. The van der Waals surface area contributed by atoms with Crippen LogP contribution in [0.4, 0.5) is 0 Å². The van der Waals surface area contributed by atoms with E-state index >= 15 is 0 Å². The highest BCUT2D eigenvalue weighted by Crippen LogP contribution is 2.27. The van der Waals surface area contributed by atoms with E-state index in [1.165, 1.54) is 44.9 Å². The first-order valence-electron chi connectivity index (χ1n) is 8.12. The van der Waals surface area contributed by atoms with Gasteiger partial charge in [-0.05, 0) is 37.1 Å². The van der Waals surface area contributed by atoms with Gasteiger partial charge < -0.3 is 5.32 Å². The molecule has 1 nitrogen and oxygen atoms in total. The smallest absolute Gasteiger partial charge is 0.00694 e. The van der Waals surface area contributed by atoms with Crippen LogP contribution in [0.3, 0.4) is 0 Å². The Balaban J connectivity index is 3.93. The van der Waals surface area contributed by atoms with Gasteiger partial charge in [-0.1, -0.05) is 67.2 Å². The zero-order valence-electron chi connectivity index (χ0n) is 13.8. The van der Waals surface area contributed by atoms with Gasteiger partial charge >= 0.3 is 0 Å². The van der Waals surface area contributed by atoms with Gasteiger partial charge in [0, 0.05) is 6.04 Å². The molecule has 0 radical (unpaired) electrons. The molecule has 0 bridgehead atoms. The lowest BCUT2D eigenvalue weighted by Gasteiger charge is -2.27. The normalized spacial score (nSPS) is 15.7. The highest BCUT2D eigenvalue weighted by molar-refractivity contribution is 4.73. The number of hydrogen-bond acceptors (Lipinski definition) is 1.